The first-order valence-electron chi connectivity index (χ1n) is 22.4. The largest absolute Gasteiger partial charge is 3.00 e. The number of rotatable bonds is 9. The van der Waals surface area contributed by atoms with Gasteiger partial charge in [0.2, 0.25) is 0 Å². The standard InChI is InChI=1S/C37H33N3.C18H24NSi.Ir/c1-24(2)28-16-12-17-29(25(3)4)36(28)40-35-20-11-9-18-32(35)38-37(40)26-21-22-34-31(23-26)30-15-8-10-19-33(30)39(34)27-13-6-5-7-14-27;1-14(2)11-16-12-17(15-9-7-6-8-10-15)19-13-18(16)20(3,4)5;/h5-20,22-25,37H,1-4H3;6-9,12-14H,11H2,1-5H3;/q-2;-1;+3/i;11D2;. The molecule has 1 atom stereocenters. The molecule has 0 fully saturated rings. The Labute approximate surface area is 381 Å². The van der Waals surface area contributed by atoms with Crippen LogP contribution in [0, 0.1) is 18.1 Å². The summed E-state index contributed by atoms with van der Waals surface area (Å²) in [5.74, 6) is 0.687. The molecule has 6 heteroatoms. The summed E-state index contributed by atoms with van der Waals surface area (Å²) in [6, 6.07) is 55.6. The molecule has 8 aromatic rings. The molecule has 0 saturated carbocycles. The van der Waals surface area contributed by atoms with Crippen molar-refractivity contribution in [3.05, 3.63) is 185 Å². The molecule has 0 radical (unpaired) electrons. The molecule has 310 valence electrons. The predicted octanol–water partition coefficient (Wildman–Crippen LogP) is 15.0. The van der Waals surface area contributed by atoms with E-state index in [-0.39, 0.29) is 32.2 Å². The zero-order valence-corrected chi connectivity index (χ0v) is 40.2. The Morgan fingerprint density at radius 3 is 2.07 bits per heavy atom. The van der Waals surface area contributed by atoms with Gasteiger partial charge in [0.1, 0.15) is 0 Å². The van der Waals surface area contributed by atoms with Crippen LogP contribution in [0.25, 0.3) is 44.1 Å². The van der Waals surface area contributed by atoms with E-state index in [9.17, 15) is 0 Å². The Balaban J connectivity index is 0.000000221. The first-order valence-corrected chi connectivity index (χ1v) is 24.9. The van der Waals surface area contributed by atoms with Gasteiger partial charge in [-0.15, -0.1) is 47.0 Å². The SMILES string of the molecule is CC(C)c1cccc(C(C)C)c1N1c2ccccc2[N-]C1c1[c-]cc2c(c1)c1ccccc1n2-c1ccccc1.[2H]C([2H])(c1cc(-c2[c-]cccc2)ncc1[Si](C)(C)C)C(C)C.[Ir+3]. The maximum absolute atomic E-state index is 8.55. The third kappa shape index (κ3) is 8.91. The maximum atomic E-state index is 8.55. The van der Waals surface area contributed by atoms with Gasteiger partial charge in [-0.05, 0) is 82.0 Å². The van der Waals surface area contributed by atoms with Crippen LogP contribution in [0.1, 0.15) is 84.5 Å². The van der Waals surface area contributed by atoms with E-state index in [0.717, 1.165) is 50.1 Å². The Bertz CT molecular complexity index is 2820. The number of anilines is 2. The topological polar surface area (TPSA) is 35.2 Å². The van der Waals surface area contributed by atoms with Gasteiger partial charge in [-0.3, -0.25) is 0 Å². The average molecular weight is 996 g/mol. The van der Waals surface area contributed by atoms with E-state index in [2.05, 4.69) is 183 Å². The van der Waals surface area contributed by atoms with Gasteiger partial charge in [0.15, 0.2) is 0 Å². The average Bonchev–Trinajstić information content (AvgIpc) is 3.82. The van der Waals surface area contributed by atoms with Crippen LogP contribution >= 0.6 is 0 Å². The summed E-state index contributed by atoms with van der Waals surface area (Å²) in [4.78, 5) is 7.05. The molecule has 1 unspecified atom stereocenters. The van der Waals surface area contributed by atoms with Crippen molar-refractivity contribution < 1.29 is 22.8 Å². The predicted molar refractivity (Wildman–Crippen MR) is 259 cm³/mol. The van der Waals surface area contributed by atoms with Crippen molar-refractivity contribution in [3.63, 3.8) is 0 Å². The summed E-state index contributed by atoms with van der Waals surface area (Å²) in [5, 5.41) is 8.89. The van der Waals surface area contributed by atoms with Gasteiger partial charge in [0, 0.05) is 31.5 Å². The zero-order chi connectivity index (χ0) is 43.9. The van der Waals surface area contributed by atoms with E-state index in [1.54, 1.807) is 0 Å². The zero-order valence-electron chi connectivity index (χ0n) is 38.8. The fourth-order valence-electron chi connectivity index (χ4n) is 8.45. The molecule has 0 amide bonds. The first kappa shape index (κ1) is 41.1. The number of nitrogens with zero attached hydrogens (tertiary/aromatic N) is 4. The van der Waals surface area contributed by atoms with Gasteiger partial charge in [-0.25, -0.2) is 0 Å². The number of para-hydroxylation sites is 5. The van der Waals surface area contributed by atoms with Crippen LogP contribution < -0.4 is 10.1 Å². The van der Waals surface area contributed by atoms with Crippen molar-refractivity contribution in [1.29, 1.82) is 0 Å². The van der Waals surface area contributed by atoms with Crippen LogP contribution in [-0.2, 0) is 26.5 Å². The first-order chi connectivity index (χ1) is 29.7. The molecule has 1 aliphatic rings. The van der Waals surface area contributed by atoms with Gasteiger partial charge in [0.25, 0.3) is 0 Å². The molecule has 3 heterocycles. The maximum Gasteiger partial charge on any atom is 3.00 e. The quantitative estimate of drug-likeness (QED) is 0.107. The number of benzene rings is 6. The van der Waals surface area contributed by atoms with Gasteiger partial charge >= 0.3 is 20.1 Å². The molecule has 0 spiro atoms. The third-order valence-corrected chi connectivity index (χ3v) is 13.3. The summed E-state index contributed by atoms with van der Waals surface area (Å²) in [6.07, 6.45) is 0.332. The van der Waals surface area contributed by atoms with Crippen molar-refractivity contribution in [2.45, 2.75) is 85.6 Å². The van der Waals surface area contributed by atoms with Crippen LogP contribution in [0.4, 0.5) is 17.1 Å². The van der Waals surface area contributed by atoms with E-state index in [1.807, 2.05) is 50.4 Å². The van der Waals surface area contributed by atoms with Crippen molar-refractivity contribution in [1.82, 2.24) is 9.55 Å². The fraction of sp³-hybridized carbons (Fsp3) is 0.255. The molecular formula is C55H57IrN4Si. The van der Waals surface area contributed by atoms with E-state index in [1.165, 1.54) is 33.1 Å². The molecule has 2 aromatic heterocycles. The molecule has 0 N–H and O–H groups in total. The van der Waals surface area contributed by atoms with Gasteiger partial charge in [0.05, 0.1) is 8.07 Å². The van der Waals surface area contributed by atoms with Gasteiger partial charge in [-0.1, -0.05) is 151 Å². The summed E-state index contributed by atoms with van der Waals surface area (Å²) in [5.41, 5.74) is 13.3. The van der Waals surface area contributed by atoms with Crippen LogP contribution in [0.3, 0.4) is 0 Å². The van der Waals surface area contributed by atoms with Gasteiger partial charge < -0.3 is 19.8 Å². The molecular weight excluding hydrogens is 937 g/mol. The molecule has 0 saturated heterocycles. The minimum Gasteiger partial charge on any atom is -0.661 e. The Morgan fingerprint density at radius 2 is 1.39 bits per heavy atom. The summed E-state index contributed by atoms with van der Waals surface area (Å²) in [6.45, 7) is 19.7. The number of hydrogen-bond acceptors (Lipinski definition) is 2. The van der Waals surface area contributed by atoms with Crippen LogP contribution in [0.15, 0.2) is 146 Å². The molecule has 61 heavy (non-hydrogen) atoms. The number of pyridine rings is 1. The minimum atomic E-state index is -1.67. The second-order valence-electron chi connectivity index (χ2n) is 17.8. The molecule has 9 rings (SSSR count). The second kappa shape index (κ2) is 18.4. The normalized spacial score (nSPS) is 14.4. The summed E-state index contributed by atoms with van der Waals surface area (Å²) in [7, 11) is -1.67. The minimum absolute atomic E-state index is 0. The summed E-state index contributed by atoms with van der Waals surface area (Å²) < 4.78 is 19.4. The monoisotopic (exact) mass is 996 g/mol. The van der Waals surface area contributed by atoms with Crippen LogP contribution in [-0.4, -0.2) is 17.6 Å². The van der Waals surface area contributed by atoms with Crippen molar-refractivity contribution in [2.24, 2.45) is 5.92 Å². The van der Waals surface area contributed by atoms with Crippen LogP contribution in [0.5, 0.6) is 0 Å². The molecule has 1 aliphatic heterocycles. The van der Waals surface area contributed by atoms with Crippen molar-refractivity contribution in [3.8, 4) is 16.9 Å². The number of aromatic nitrogens is 2. The van der Waals surface area contributed by atoms with Crippen LogP contribution in [0.2, 0.25) is 19.6 Å². The van der Waals surface area contributed by atoms with E-state index < -0.39 is 14.4 Å². The Kier molecular flexibility index (Phi) is 12.4. The third-order valence-electron chi connectivity index (χ3n) is 11.3. The molecule has 6 aromatic carbocycles. The molecule has 0 bridgehead atoms. The van der Waals surface area contributed by atoms with Crippen molar-refractivity contribution >= 4 is 52.1 Å². The van der Waals surface area contributed by atoms with E-state index in [0.29, 0.717) is 11.8 Å². The number of fused-ring (bicyclic) bond motifs is 4. The summed E-state index contributed by atoms with van der Waals surface area (Å²) >= 11 is 0. The Hall–Kier alpha value is -5.26. The Morgan fingerprint density at radius 1 is 0.721 bits per heavy atom. The van der Waals surface area contributed by atoms with E-state index >= 15 is 0 Å². The molecule has 0 aliphatic carbocycles. The fourth-order valence-corrected chi connectivity index (χ4v) is 9.86. The van der Waals surface area contributed by atoms with Crippen molar-refractivity contribution in [2.75, 3.05) is 4.90 Å². The second-order valence-corrected chi connectivity index (χ2v) is 22.8. The smallest absolute Gasteiger partial charge is 0.661 e. The van der Waals surface area contributed by atoms with E-state index in [4.69, 9.17) is 8.06 Å². The molecule has 4 nitrogen and oxygen atoms in total. The van der Waals surface area contributed by atoms with Gasteiger partial charge in [-0.2, -0.15) is 23.8 Å². The number of hydrogen-bond donors (Lipinski definition) is 0.